The maximum absolute atomic E-state index is 12.3. The Kier molecular flexibility index (Phi) is 4.24. The first-order chi connectivity index (χ1) is 10.6. The number of aliphatic hydroxyl groups is 1. The van der Waals surface area contributed by atoms with Gasteiger partial charge in [-0.15, -0.1) is 0 Å². The van der Waals surface area contributed by atoms with E-state index in [1.54, 1.807) is 0 Å². The van der Waals surface area contributed by atoms with E-state index in [1.165, 1.54) is 6.39 Å². The fourth-order valence-corrected chi connectivity index (χ4v) is 2.88. The van der Waals surface area contributed by atoms with E-state index < -0.39 is 0 Å². The van der Waals surface area contributed by atoms with E-state index in [4.69, 9.17) is 4.42 Å². The molecular formula is C17H20N2O3. The lowest BCUT2D eigenvalue weighted by molar-refractivity contribution is 0.0913. The lowest BCUT2D eigenvalue weighted by Gasteiger charge is -2.14. The smallest absolute Gasteiger partial charge is 0.273 e. The van der Waals surface area contributed by atoms with Crippen LogP contribution in [0.3, 0.4) is 0 Å². The van der Waals surface area contributed by atoms with Crippen LogP contribution in [-0.4, -0.2) is 28.6 Å². The molecule has 1 fully saturated rings. The molecule has 1 aromatic carbocycles. The van der Waals surface area contributed by atoms with E-state index in [9.17, 15) is 9.90 Å². The third-order valence-corrected chi connectivity index (χ3v) is 4.24. The van der Waals surface area contributed by atoms with Gasteiger partial charge in [0.15, 0.2) is 17.8 Å². The molecule has 22 heavy (non-hydrogen) atoms. The van der Waals surface area contributed by atoms with Crippen molar-refractivity contribution in [3.05, 3.63) is 41.9 Å². The molecule has 1 aliphatic carbocycles. The number of nitrogens with one attached hydrogen (secondary N) is 1. The number of benzene rings is 1. The van der Waals surface area contributed by atoms with Gasteiger partial charge in [0.25, 0.3) is 5.91 Å². The Morgan fingerprint density at radius 1 is 1.36 bits per heavy atom. The van der Waals surface area contributed by atoms with Crippen LogP contribution in [0.2, 0.25) is 0 Å². The topological polar surface area (TPSA) is 75.4 Å². The zero-order chi connectivity index (χ0) is 15.5. The first-order valence-electron chi connectivity index (χ1n) is 7.62. The Labute approximate surface area is 129 Å². The van der Waals surface area contributed by atoms with E-state index >= 15 is 0 Å². The minimum absolute atomic E-state index is 0.138. The third kappa shape index (κ3) is 3.04. The number of oxazole rings is 1. The lowest BCUT2D eigenvalue weighted by atomic mass is 10.1. The molecule has 2 atom stereocenters. The van der Waals surface area contributed by atoms with Gasteiger partial charge in [0.05, 0.1) is 6.10 Å². The normalized spacial score (nSPS) is 21.0. The van der Waals surface area contributed by atoms with Crippen LogP contribution < -0.4 is 5.32 Å². The quantitative estimate of drug-likeness (QED) is 0.910. The summed E-state index contributed by atoms with van der Waals surface area (Å²) in [6.45, 7) is 2.48. The number of aliphatic hydroxyl groups excluding tert-OH is 1. The van der Waals surface area contributed by atoms with Crippen LogP contribution in [0.5, 0.6) is 0 Å². The van der Waals surface area contributed by atoms with Crippen molar-refractivity contribution in [2.45, 2.75) is 32.3 Å². The van der Waals surface area contributed by atoms with Crippen molar-refractivity contribution < 1.29 is 14.3 Å². The second-order valence-electron chi connectivity index (χ2n) is 5.86. The number of hydrogen-bond acceptors (Lipinski definition) is 4. The van der Waals surface area contributed by atoms with Gasteiger partial charge >= 0.3 is 0 Å². The molecule has 5 heteroatoms. The highest BCUT2D eigenvalue weighted by molar-refractivity contribution is 5.97. The van der Waals surface area contributed by atoms with E-state index in [0.29, 0.717) is 12.3 Å². The maximum Gasteiger partial charge on any atom is 0.273 e. The Balaban J connectivity index is 1.71. The Hall–Kier alpha value is -2.14. The first kappa shape index (κ1) is 14.8. The standard InChI is InChI=1S/C17H20N2O3/c1-11-5-7-12(8-6-11)16-15(19-10-22-16)17(21)18-9-13-3-2-4-14(13)20/h5-8,10,13-14,20H,2-4,9H2,1H3,(H,18,21). The number of aryl methyl sites for hydroxylation is 1. The molecule has 1 saturated carbocycles. The largest absolute Gasteiger partial charge is 0.443 e. The third-order valence-electron chi connectivity index (χ3n) is 4.24. The molecule has 5 nitrogen and oxygen atoms in total. The summed E-state index contributed by atoms with van der Waals surface area (Å²) in [5.41, 5.74) is 2.26. The van der Waals surface area contributed by atoms with Crippen LogP contribution in [0.25, 0.3) is 11.3 Å². The Morgan fingerprint density at radius 3 is 2.82 bits per heavy atom. The van der Waals surface area contributed by atoms with Gasteiger partial charge in [-0.25, -0.2) is 4.98 Å². The van der Waals surface area contributed by atoms with Crippen LogP contribution in [-0.2, 0) is 0 Å². The summed E-state index contributed by atoms with van der Waals surface area (Å²) >= 11 is 0. The van der Waals surface area contributed by atoms with Gasteiger partial charge < -0.3 is 14.8 Å². The summed E-state index contributed by atoms with van der Waals surface area (Å²) < 4.78 is 5.38. The summed E-state index contributed by atoms with van der Waals surface area (Å²) in [5, 5.41) is 12.7. The second kappa shape index (κ2) is 6.32. The van der Waals surface area contributed by atoms with E-state index in [-0.39, 0.29) is 23.6 Å². The van der Waals surface area contributed by atoms with Crippen molar-refractivity contribution in [2.24, 2.45) is 5.92 Å². The summed E-state index contributed by atoms with van der Waals surface area (Å²) in [6, 6.07) is 7.75. The summed E-state index contributed by atoms with van der Waals surface area (Å²) in [4.78, 5) is 16.4. The Morgan fingerprint density at radius 2 is 2.14 bits per heavy atom. The van der Waals surface area contributed by atoms with Gasteiger partial charge in [-0.05, 0) is 19.8 Å². The fourth-order valence-electron chi connectivity index (χ4n) is 2.88. The number of carbonyl (C=O) groups is 1. The first-order valence-corrected chi connectivity index (χ1v) is 7.62. The highest BCUT2D eigenvalue weighted by Crippen LogP contribution is 2.26. The highest BCUT2D eigenvalue weighted by Gasteiger charge is 2.26. The monoisotopic (exact) mass is 300 g/mol. The van der Waals surface area contributed by atoms with Crippen LogP contribution in [0.1, 0.15) is 35.3 Å². The molecule has 116 valence electrons. The molecule has 0 saturated heterocycles. The second-order valence-corrected chi connectivity index (χ2v) is 5.86. The zero-order valence-electron chi connectivity index (χ0n) is 12.6. The van der Waals surface area contributed by atoms with Crippen molar-refractivity contribution in [2.75, 3.05) is 6.54 Å². The van der Waals surface area contributed by atoms with Gasteiger partial charge in [0, 0.05) is 18.0 Å². The molecular weight excluding hydrogens is 280 g/mol. The predicted molar refractivity (Wildman–Crippen MR) is 82.4 cm³/mol. The van der Waals surface area contributed by atoms with Crippen molar-refractivity contribution in [1.82, 2.24) is 10.3 Å². The molecule has 2 unspecified atom stereocenters. The number of aromatic nitrogens is 1. The molecule has 0 radical (unpaired) electrons. The molecule has 0 aliphatic heterocycles. The molecule has 0 bridgehead atoms. The minimum Gasteiger partial charge on any atom is -0.443 e. The van der Waals surface area contributed by atoms with Gasteiger partial charge in [0.2, 0.25) is 0 Å². The van der Waals surface area contributed by atoms with Crippen molar-refractivity contribution in [3.63, 3.8) is 0 Å². The predicted octanol–water partition coefficient (Wildman–Crippen LogP) is 2.54. The maximum atomic E-state index is 12.3. The number of nitrogens with zero attached hydrogens (tertiary/aromatic N) is 1. The molecule has 1 heterocycles. The van der Waals surface area contributed by atoms with Crippen LogP contribution in [0, 0.1) is 12.8 Å². The van der Waals surface area contributed by atoms with E-state index in [0.717, 1.165) is 30.4 Å². The SMILES string of the molecule is Cc1ccc(-c2ocnc2C(=O)NCC2CCCC2O)cc1. The van der Waals surface area contributed by atoms with E-state index in [2.05, 4.69) is 10.3 Å². The van der Waals surface area contributed by atoms with Gasteiger partial charge in [0.1, 0.15) is 0 Å². The average molecular weight is 300 g/mol. The summed E-state index contributed by atoms with van der Waals surface area (Å²) in [6.07, 6.45) is 3.76. The van der Waals surface area contributed by atoms with Crippen molar-refractivity contribution >= 4 is 5.91 Å². The highest BCUT2D eigenvalue weighted by atomic mass is 16.3. The van der Waals surface area contributed by atoms with Crippen LogP contribution >= 0.6 is 0 Å². The molecule has 2 N–H and O–H groups in total. The lowest BCUT2D eigenvalue weighted by Crippen LogP contribution is -2.32. The molecule has 3 rings (SSSR count). The van der Waals surface area contributed by atoms with Gasteiger partial charge in [-0.2, -0.15) is 0 Å². The number of carbonyl (C=O) groups excluding carboxylic acids is 1. The summed E-state index contributed by atoms with van der Waals surface area (Å²) in [7, 11) is 0. The average Bonchev–Trinajstić information content (AvgIpc) is 3.15. The van der Waals surface area contributed by atoms with Crippen LogP contribution in [0.15, 0.2) is 35.1 Å². The molecule has 0 spiro atoms. The summed E-state index contributed by atoms with van der Waals surface area (Å²) in [5.74, 6) is 0.353. The number of rotatable bonds is 4. The van der Waals surface area contributed by atoms with E-state index in [1.807, 2.05) is 31.2 Å². The molecule has 1 amide bonds. The van der Waals surface area contributed by atoms with Crippen molar-refractivity contribution in [3.8, 4) is 11.3 Å². The molecule has 1 aliphatic rings. The fraction of sp³-hybridized carbons (Fsp3) is 0.412. The van der Waals surface area contributed by atoms with Gasteiger partial charge in [-0.1, -0.05) is 36.2 Å². The minimum atomic E-state index is -0.311. The van der Waals surface area contributed by atoms with Gasteiger partial charge in [-0.3, -0.25) is 4.79 Å². The number of hydrogen-bond donors (Lipinski definition) is 2. The molecule has 1 aromatic heterocycles. The zero-order valence-corrected chi connectivity index (χ0v) is 12.6. The molecule has 2 aromatic rings. The Bertz CT molecular complexity index is 648. The number of amides is 1. The van der Waals surface area contributed by atoms with Crippen LogP contribution in [0.4, 0.5) is 0 Å². The van der Waals surface area contributed by atoms with Crippen molar-refractivity contribution in [1.29, 1.82) is 0 Å².